The van der Waals surface area contributed by atoms with Gasteiger partial charge in [-0.15, -0.1) is 0 Å². The zero-order chi connectivity index (χ0) is 12.3. The van der Waals surface area contributed by atoms with E-state index in [9.17, 15) is 9.59 Å². The van der Waals surface area contributed by atoms with E-state index in [2.05, 4.69) is 4.90 Å². The topological polar surface area (TPSA) is 60.9 Å². The average molecular weight is 228 g/mol. The van der Waals surface area contributed by atoms with Crippen LogP contribution >= 0.6 is 0 Å². The highest BCUT2D eigenvalue weighted by Gasteiger charge is 2.28. The van der Waals surface area contributed by atoms with Crippen LogP contribution in [0, 0.1) is 5.92 Å². The van der Waals surface area contributed by atoms with Crippen LogP contribution in [-0.2, 0) is 9.59 Å². The number of carbonyl (C=O) groups excluding carboxylic acids is 1. The molecule has 0 aromatic heterocycles. The molecule has 0 saturated carbocycles. The number of likely N-dealkylation sites (N-methyl/N-ethyl adjacent to an activating group) is 2. The van der Waals surface area contributed by atoms with E-state index in [4.69, 9.17) is 5.11 Å². The predicted octanol–water partition coefficient (Wildman–Crippen LogP) is 0.260. The minimum atomic E-state index is -1.06. The van der Waals surface area contributed by atoms with E-state index < -0.39 is 11.9 Å². The number of aliphatic carboxylic acids is 1. The van der Waals surface area contributed by atoms with Crippen molar-refractivity contribution < 1.29 is 14.7 Å². The van der Waals surface area contributed by atoms with Crippen molar-refractivity contribution in [3.05, 3.63) is 0 Å². The Kier molecular flexibility index (Phi) is 4.29. The lowest BCUT2D eigenvalue weighted by Crippen LogP contribution is -2.42. The molecule has 1 fully saturated rings. The number of hydrogen-bond acceptors (Lipinski definition) is 3. The maximum Gasteiger partial charge on any atom is 0.315 e. The third kappa shape index (κ3) is 2.95. The fourth-order valence-corrected chi connectivity index (χ4v) is 2.05. The van der Waals surface area contributed by atoms with Gasteiger partial charge >= 0.3 is 5.97 Å². The van der Waals surface area contributed by atoms with Gasteiger partial charge in [-0.3, -0.25) is 9.59 Å². The van der Waals surface area contributed by atoms with Crippen LogP contribution in [0.3, 0.4) is 0 Å². The van der Waals surface area contributed by atoms with Crippen LogP contribution in [0.2, 0.25) is 0 Å². The first kappa shape index (κ1) is 13.0. The predicted molar refractivity (Wildman–Crippen MR) is 60.1 cm³/mol. The van der Waals surface area contributed by atoms with E-state index in [0.29, 0.717) is 12.6 Å². The summed E-state index contributed by atoms with van der Waals surface area (Å²) in [7, 11) is 3.71. The van der Waals surface area contributed by atoms with Gasteiger partial charge < -0.3 is 14.9 Å². The molecule has 0 radical (unpaired) electrons. The van der Waals surface area contributed by atoms with E-state index >= 15 is 0 Å². The van der Waals surface area contributed by atoms with Crippen LogP contribution in [-0.4, -0.2) is 60.0 Å². The third-order valence-electron chi connectivity index (χ3n) is 3.27. The zero-order valence-electron chi connectivity index (χ0n) is 10.1. The second-order valence-electron chi connectivity index (χ2n) is 4.56. The maximum absolute atomic E-state index is 11.7. The van der Waals surface area contributed by atoms with Crippen LogP contribution in [0.4, 0.5) is 0 Å². The summed E-state index contributed by atoms with van der Waals surface area (Å²) < 4.78 is 0. The molecule has 2 atom stereocenters. The fraction of sp³-hybridized carbons (Fsp3) is 0.818. The molecule has 16 heavy (non-hydrogen) atoms. The van der Waals surface area contributed by atoms with Crippen LogP contribution in [0.25, 0.3) is 0 Å². The van der Waals surface area contributed by atoms with Gasteiger partial charge in [-0.25, -0.2) is 0 Å². The number of rotatable bonds is 4. The Bertz CT molecular complexity index is 280. The molecule has 1 heterocycles. The molecule has 0 bridgehead atoms. The summed E-state index contributed by atoms with van der Waals surface area (Å²) in [6, 6.07) is 0.370. The van der Waals surface area contributed by atoms with Crippen molar-refractivity contribution >= 4 is 11.9 Å². The minimum absolute atomic E-state index is 0.312. The van der Waals surface area contributed by atoms with Crippen molar-refractivity contribution in [2.75, 3.05) is 27.2 Å². The van der Waals surface area contributed by atoms with E-state index in [0.717, 1.165) is 19.4 Å². The Morgan fingerprint density at radius 3 is 2.62 bits per heavy atom. The highest BCUT2D eigenvalue weighted by atomic mass is 16.4. The van der Waals surface area contributed by atoms with Crippen molar-refractivity contribution in [3.8, 4) is 0 Å². The van der Waals surface area contributed by atoms with Crippen molar-refractivity contribution in [2.24, 2.45) is 5.92 Å². The maximum atomic E-state index is 11.7. The molecule has 92 valence electrons. The normalized spacial score (nSPS) is 23.1. The molecular weight excluding hydrogens is 208 g/mol. The van der Waals surface area contributed by atoms with Gasteiger partial charge in [0.15, 0.2) is 0 Å². The lowest BCUT2D eigenvalue weighted by molar-refractivity contribution is -0.149. The molecule has 0 spiro atoms. The summed E-state index contributed by atoms with van der Waals surface area (Å²) >= 11 is 0. The minimum Gasteiger partial charge on any atom is -0.481 e. The van der Waals surface area contributed by atoms with Crippen LogP contribution in [0.15, 0.2) is 0 Å². The molecule has 0 aromatic carbocycles. The largest absolute Gasteiger partial charge is 0.481 e. The van der Waals surface area contributed by atoms with Crippen LogP contribution in [0.1, 0.15) is 19.8 Å². The van der Waals surface area contributed by atoms with Crippen molar-refractivity contribution in [1.29, 1.82) is 0 Å². The molecule has 1 aliphatic heterocycles. The Morgan fingerprint density at radius 1 is 1.56 bits per heavy atom. The van der Waals surface area contributed by atoms with Gasteiger partial charge in [0, 0.05) is 19.6 Å². The fourth-order valence-electron chi connectivity index (χ4n) is 2.05. The van der Waals surface area contributed by atoms with E-state index in [1.165, 1.54) is 11.8 Å². The van der Waals surface area contributed by atoms with Gasteiger partial charge in [0.25, 0.3) is 0 Å². The van der Waals surface area contributed by atoms with E-state index in [1.54, 1.807) is 7.05 Å². The molecule has 1 amide bonds. The number of carboxylic acids is 1. The molecule has 2 unspecified atom stereocenters. The molecule has 1 saturated heterocycles. The smallest absolute Gasteiger partial charge is 0.315 e. The van der Waals surface area contributed by atoms with Gasteiger partial charge in [-0.1, -0.05) is 0 Å². The van der Waals surface area contributed by atoms with Gasteiger partial charge in [0.2, 0.25) is 5.91 Å². The summed E-state index contributed by atoms with van der Waals surface area (Å²) in [5, 5.41) is 8.76. The van der Waals surface area contributed by atoms with Gasteiger partial charge in [0.05, 0.1) is 0 Å². The first-order valence-corrected chi connectivity index (χ1v) is 5.61. The molecule has 0 aliphatic carbocycles. The average Bonchev–Trinajstić information content (AvgIpc) is 2.62. The zero-order valence-corrected chi connectivity index (χ0v) is 10.1. The van der Waals surface area contributed by atoms with E-state index in [1.807, 2.05) is 7.05 Å². The van der Waals surface area contributed by atoms with Gasteiger partial charge in [-0.05, 0) is 33.4 Å². The monoisotopic (exact) mass is 228 g/mol. The number of amides is 1. The summed E-state index contributed by atoms with van der Waals surface area (Å²) in [5.41, 5.74) is 0. The first-order chi connectivity index (χ1) is 7.43. The lowest BCUT2D eigenvalue weighted by atomic mass is 10.1. The number of carbonyl (C=O) groups is 2. The summed E-state index contributed by atoms with van der Waals surface area (Å²) in [6.07, 6.45) is 2.23. The molecule has 5 nitrogen and oxygen atoms in total. The number of nitrogens with zero attached hydrogens (tertiary/aromatic N) is 2. The summed E-state index contributed by atoms with van der Waals surface area (Å²) in [5.74, 6) is -2.32. The highest BCUT2D eigenvalue weighted by molar-refractivity contribution is 5.96. The Balaban J connectivity index is 2.48. The SMILES string of the molecule is CC(C(=O)O)C(=O)N(C)CC1CCCN1C. The van der Waals surface area contributed by atoms with Gasteiger partial charge in [-0.2, -0.15) is 0 Å². The Hall–Kier alpha value is -1.10. The molecule has 1 rings (SSSR count). The Labute approximate surface area is 96.0 Å². The number of likely N-dealkylation sites (tertiary alicyclic amines) is 1. The van der Waals surface area contributed by atoms with Gasteiger partial charge in [0.1, 0.15) is 5.92 Å². The lowest BCUT2D eigenvalue weighted by Gasteiger charge is -2.26. The van der Waals surface area contributed by atoms with Crippen LogP contribution < -0.4 is 0 Å². The molecule has 0 aromatic rings. The second-order valence-corrected chi connectivity index (χ2v) is 4.56. The van der Waals surface area contributed by atoms with Crippen LogP contribution in [0.5, 0.6) is 0 Å². The standard InChI is InChI=1S/C11H20N2O3/c1-8(11(15)16)10(14)13(3)7-9-5-4-6-12(9)2/h8-9H,4-7H2,1-3H3,(H,15,16). The Morgan fingerprint density at radius 2 is 2.19 bits per heavy atom. The third-order valence-corrected chi connectivity index (χ3v) is 3.27. The van der Waals surface area contributed by atoms with Crippen molar-refractivity contribution in [1.82, 2.24) is 9.80 Å². The first-order valence-electron chi connectivity index (χ1n) is 5.61. The summed E-state index contributed by atoms with van der Waals surface area (Å²) in [6.45, 7) is 3.10. The molecule has 1 aliphatic rings. The van der Waals surface area contributed by atoms with Crippen molar-refractivity contribution in [2.45, 2.75) is 25.8 Å². The highest BCUT2D eigenvalue weighted by Crippen LogP contribution is 2.16. The molecule has 1 N–H and O–H groups in total. The summed E-state index contributed by atoms with van der Waals surface area (Å²) in [4.78, 5) is 26.1. The molecular formula is C11H20N2O3. The van der Waals surface area contributed by atoms with E-state index in [-0.39, 0.29) is 5.91 Å². The quantitative estimate of drug-likeness (QED) is 0.701. The van der Waals surface area contributed by atoms with Crippen molar-refractivity contribution in [3.63, 3.8) is 0 Å². The second kappa shape index (κ2) is 5.30. The number of hydrogen-bond donors (Lipinski definition) is 1. The number of carboxylic acid groups (broad SMARTS) is 1. The molecule has 5 heteroatoms.